The molecule has 3 rings (SSSR count). The number of rotatable bonds is 4. The minimum atomic E-state index is -3.66. The molecule has 2 aromatic rings. The van der Waals surface area contributed by atoms with Crippen molar-refractivity contribution < 1.29 is 12.9 Å². The van der Waals surface area contributed by atoms with Gasteiger partial charge in [-0.25, -0.2) is 8.42 Å². The molecule has 0 bridgehead atoms. The zero-order valence-corrected chi connectivity index (χ0v) is 16.3. The Morgan fingerprint density at radius 2 is 1.84 bits per heavy atom. The number of hydrogen-bond acceptors (Lipinski definition) is 5. The first kappa shape index (κ1) is 18.7. The monoisotopic (exact) mass is 403 g/mol. The van der Waals surface area contributed by atoms with E-state index in [1.807, 2.05) is 13.8 Å². The Kier molecular flexibility index (Phi) is 5.41. The standard InChI is InChI=1S/C16H19Cl2N3O3S/c1-11-13(12(2)24-19-11)10-20-6-8-21(9-7-20)25(22,23)15-5-3-4-14(17)16(15)18/h3-5H,6-10H2,1-2H3. The van der Waals surface area contributed by atoms with E-state index in [0.29, 0.717) is 32.7 Å². The van der Waals surface area contributed by atoms with Crippen molar-refractivity contribution in [3.8, 4) is 0 Å². The number of aromatic nitrogens is 1. The molecule has 6 nitrogen and oxygen atoms in total. The fraction of sp³-hybridized carbons (Fsp3) is 0.438. The van der Waals surface area contributed by atoms with Gasteiger partial charge in [0.05, 0.1) is 15.7 Å². The molecule has 9 heteroatoms. The van der Waals surface area contributed by atoms with E-state index in [4.69, 9.17) is 27.7 Å². The highest BCUT2D eigenvalue weighted by atomic mass is 35.5. The molecule has 0 radical (unpaired) electrons. The highest BCUT2D eigenvalue weighted by molar-refractivity contribution is 7.89. The topological polar surface area (TPSA) is 66.7 Å². The van der Waals surface area contributed by atoms with Crippen LogP contribution >= 0.6 is 23.2 Å². The van der Waals surface area contributed by atoms with E-state index in [-0.39, 0.29) is 14.9 Å². The number of nitrogens with zero attached hydrogens (tertiary/aromatic N) is 3. The third-order valence-corrected chi connectivity index (χ3v) is 7.30. The third-order valence-electron chi connectivity index (χ3n) is 4.43. The predicted octanol–water partition coefficient (Wildman–Crippen LogP) is 3.10. The van der Waals surface area contributed by atoms with E-state index < -0.39 is 10.0 Å². The highest BCUT2D eigenvalue weighted by Crippen LogP contribution is 2.31. The van der Waals surface area contributed by atoms with Gasteiger partial charge < -0.3 is 4.52 Å². The molecule has 0 N–H and O–H groups in total. The second-order valence-electron chi connectivity index (χ2n) is 6.03. The number of aryl methyl sites for hydroxylation is 2. The van der Waals surface area contributed by atoms with Crippen molar-refractivity contribution in [3.05, 3.63) is 45.3 Å². The number of sulfonamides is 1. The van der Waals surface area contributed by atoms with Gasteiger partial charge in [0, 0.05) is 38.3 Å². The molecule has 25 heavy (non-hydrogen) atoms. The van der Waals surface area contributed by atoms with E-state index in [9.17, 15) is 8.42 Å². The van der Waals surface area contributed by atoms with Crippen LogP contribution in [-0.4, -0.2) is 49.0 Å². The SMILES string of the molecule is Cc1noc(C)c1CN1CCN(S(=O)(=O)c2cccc(Cl)c2Cl)CC1. The molecule has 1 fully saturated rings. The van der Waals surface area contributed by atoms with E-state index in [0.717, 1.165) is 17.0 Å². The molecule has 1 aliphatic rings. The molecule has 0 saturated carbocycles. The van der Waals surface area contributed by atoms with Gasteiger partial charge in [-0.2, -0.15) is 4.31 Å². The lowest BCUT2D eigenvalue weighted by Crippen LogP contribution is -2.48. The van der Waals surface area contributed by atoms with Crippen LogP contribution in [0.15, 0.2) is 27.6 Å². The summed E-state index contributed by atoms with van der Waals surface area (Å²) in [5.74, 6) is 0.804. The molecule has 0 amide bonds. The first-order valence-electron chi connectivity index (χ1n) is 7.89. The van der Waals surface area contributed by atoms with Crippen LogP contribution in [0, 0.1) is 13.8 Å². The summed E-state index contributed by atoms with van der Waals surface area (Å²) in [4.78, 5) is 2.25. The van der Waals surface area contributed by atoms with Gasteiger partial charge in [-0.3, -0.25) is 4.90 Å². The molecular formula is C16H19Cl2N3O3S. The number of hydrogen-bond donors (Lipinski definition) is 0. The van der Waals surface area contributed by atoms with Crippen molar-refractivity contribution in [1.29, 1.82) is 0 Å². The summed E-state index contributed by atoms with van der Waals surface area (Å²) < 4.78 is 32.3. The molecule has 0 spiro atoms. The Morgan fingerprint density at radius 3 is 2.44 bits per heavy atom. The zero-order chi connectivity index (χ0) is 18.2. The van der Waals surface area contributed by atoms with E-state index in [1.165, 1.54) is 10.4 Å². The molecule has 1 saturated heterocycles. The summed E-state index contributed by atoms with van der Waals surface area (Å²) in [5.41, 5.74) is 1.94. The summed E-state index contributed by atoms with van der Waals surface area (Å²) in [6, 6.07) is 4.65. The van der Waals surface area contributed by atoms with Gasteiger partial charge in [0.1, 0.15) is 10.7 Å². The first-order valence-corrected chi connectivity index (χ1v) is 10.1. The quantitative estimate of drug-likeness (QED) is 0.784. The lowest BCUT2D eigenvalue weighted by atomic mass is 10.2. The van der Waals surface area contributed by atoms with Gasteiger partial charge in [0.25, 0.3) is 0 Å². The van der Waals surface area contributed by atoms with Crippen molar-refractivity contribution in [1.82, 2.24) is 14.4 Å². The molecule has 2 heterocycles. The largest absolute Gasteiger partial charge is 0.361 e. The highest BCUT2D eigenvalue weighted by Gasteiger charge is 2.31. The summed E-state index contributed by atoms with van der Waals surface area (Å²) in [5, 5.41) is 4.27. The summed E-state index contributed by atoms with van der Waals surface area (Å²) in [6.07, 6.45) is 0. The molecule has 1 aromatic heterocycles. The molecule has 136 valence electrons. The predicted molar refractivity (Wildman–Crippen MR) is 96.5 cm³/mol. The van der Waals surface area contributed by atoms with Crippen molar-refractivity contribution in [2.75, 3.05) is 26.2 Å². The van der Waals surface area contributed by atoms with Crippen molar-refractivity contribution in [3.63, 3.8) is 0 Å². The Morgan fingerprint density at radius 1 is 1.16 bits per heavy atom. The van der Waals surface area contributed by atoms with Crippen LogP contribution < -0.4 is 0 Å². The lowest BCUT2D eigenvalue weighted by Gasteiger charge is -2.34. The lowest BCUT2D eigenvalue weighted by molar-refractivity contribution is 0.180. The van der Waals surface area contributed by atoms with Crippen molar-refractivity contribution >= 4 is 33.2 Å². The minimum absolute atomic E-state index is 0.0563. The Labute approximate surface area is 157 Å². The fourth-order valence-corrected chi connectivity index (χ4v) is 5.06. The summed E-state index contributed by atoms with van der Waals surface area (Å²) in [7, 11) is -3.66. The summed E-state index contributed by atoms with van der Waals surface area (Å²) in [6.45, 7) is 6.55. The number of halogens is 2. The fourth-order valence-electron chi connectivity index (χ4n) is 2.90. The van der Waals surface area contributed by atoms with Crippen LogP contribution in [0.2, 0.25) is 10.0 Å². The average molecular weight is 404 g/mol. The van der Waals surface area contributed by atoms with Crippen LogP contribution in [0.4, 0.5) is 0 Å². The second kappa shape index (κ2) is 7.25. The molecule has 0 unspecified atom stereocenters. The van der Waals surface area contributed by atoms with Gasteiger partial charge in [-0.1, -0.05) is 34.4 Å². The van der Waals surface area contributed by atoms with Gasteiger partial charge in [0.2, 0.25) is 10.0 Å². The van der Waals surface area contributed by atoms with Crippen molar-refractivity contribution in [2.24, 2.45) is 0 Å². The smallest absolute Gasteiger partial charge is 0.244 e. The van der Waals surface area contributed by atoms with Gasteiger partial charge in [-0.15, -0.1) is 0 Å². The van der Waals surface area contributed by atoms with Crippen LogP contribution in [0.1, 0.15) is 17.0 Å². The van der Waals surface area contributed by atoms with Crippen LogP contribution in [0.5, 0.6) is 0 Å². The van der Waals surface area contributed by atoms with Crippen LogP contribution in [-0.2, 0) is 16.6 Å². The Bertz CT molecular complexity index is 855. The molecule has 0 atom stereocenters. The van der Waals surface area contributed by atoms with Gasteiger partial charge in [-0.05, 0) is 26.0 Å². The van der Waals surface area contributed by atoms with Gasteiger partial charge >= 0.3 is 0 Å². The van der Waals surface area contributed by atoms with E-state index >= 15 is 0 Å². The second-order valence-corrected chi connectivity index (χ2v) is 8.73. The maximum absolute atomic E-state index is 12.8. The average Bonchev–Trinajstić information content (AvgIpc) is 2.89. The first-order chi connectivity index (χ1) is 11.8. The minimum Gasteiger partial charge on any atom is -0.361 e. The Balaban J connectivity index is 1.70. The zero-order valence-electron chi connectivity index (χ0n) is 14.0. The molecular weight excluding hydrogens is 385 g/mol. The summed E-state index contributed by atoms with van der Waals surface area (Å²) >= 11 is 12.0. The normalized spacial score (nSPS) is 17.1. The number of benzene rings is 1. The van der Waals surface area contributed by atoms with Crippen molar-refractivity contribution in [2.45, 2.75) is 25.3 Å². The Hall–Kier alpha value is -1.12. The van der Waals surface area contributed by atoms with E-state index in [1.54, 1.807) is 12.1 Å². The molecule has 1 aromatic carbocycles. The molecule has 0 aliphatic carbocycles. The maximum atomic E-state index is 12.8. The maximum Gasteiger partial charge on any atom is 0.244 e. The van der Waals surface area contributed by atoms with Crippen LogP contribution in [0.3, 0.4) is 0 Å². The van der Waals surface area contributed by atoms with Gasteiger partial charge in [0.15, 0.2) is 0 Å². The van der Waals surface area contributed by atoms with Crippen LogP contribution in [0.25, 0.3) is 0 Å². The third kappa shape index (κ3) is 3.71. The van der Waals surface area contributed by atoms with E-state index in [2.05, 4.69) is 10.1 Å². The number of piperazine rings is 1. The molecule has 1 aliphatic heterocycles.